The van der Waals surface area contributed by atoms with E-state index in [-0.39, 0.29) is 16.6 Å². The number of nitrogens with zero attached hydrogens (tertiary/aromatic N) is 1. The number of aromatic nitrogens is 2. The number of fused-ring (bicyclic) bond motifs is 1. The van der Waals surface area contributed by atoms with Gasteiger partial charge in [0.2, 0.25) is 0 Å². The van der Waals surface area contributed by atoms with E-state index in [1.54, 1.807) is 12.3 Å². The molecule has 0 unspecified atom stereocenters. The molecule has 0 spiro atoms. The van der Waals surface area contributed by atoms with Crippen LogP contribution in [-0.4, -0.2) is 30.0 Å². The maximum absolute atomic E-state index is 12.5. The topological polar surface area (TPSA) is 91.9 Å². The molecule has 0 radical (unpaired) electrons. The van der Waals surface area contributed by atoms with E-state index < -0.39 is 9.84 Å². The largest absolute Gasteiger partial charge is 0.356 e. The minimum atomic E-state index is -3.23. The number of sulfone groups is 1. The number of rotatable bonds is 3. The highest BCUT2D eigenvalue weighted by atomic mass is 32.2. The maximum atomic E-state index is 12.5. The zero-order valence-corrected chi connectivity index (χ0v) is 12.6. The number of carbonyl (C=O) groups is 1. The normalized spacial score (nSPS) is 18.9. The summed E-state index contributed by atoms with van der Waals surface area (Å²) in [5, 5.41) is 2.86. The smallest absolute Gasteiger partial charge is 0.272 e. The van der Waals surface area contributed by atoms with Crippen LogP contribution in [0.2, 0.25) is 0 Å². The van der Waals surface area contributed by atoms with Gasteiger partial charge in [0.25, 0.3) is 5.91 Å². The van der Waals surface area contributed by atoms with Gasteiger partial charge in [0.15, 0.2) is 9.84 Å². The predicted octanol–water partition coefficient (Wildman–Crippen LogP) is 1.87. The number of nitrogens with one attached hydrogen (secondary N) is 2. The lowest BCUT2D eigenvalue weighted by Crippen LogP contribution is -2.15. The van der Waals surface area contributed by atoms with Crippen LogP contribution >= 0.6 is 0 Å². The SMILES string of the molecule is O=C(Nc1cccnc1C1CC1)c1[nH]cc2c1CCS2(=O)=O. The molecule has 1 fully saturated rings. The number of pyridine rings is 1. The van der Waals surface area contributed by atoms with Crippen LogP contribution in [0.5, 0.6) is 0 Å². The monoisotopic (exact) mass is 317 g/mol. The van der Waals surface area contributed by atoms with Crippen molar-refractivity contribution in [3.8, 4) is 0 Å². The molecule has 4 rings (SSSR count). The molecule has 2 aliphatic rings. The van der Waals surface area contributed by atoms with Gasteiger partial charge in [-0.1, -0.05) is 0 Å². The Morgan fingerprint density at radius 2 is 2.18 bits per heavy atom. The second-order valence-electron chi connectivity index (χ2n) is 5.74. The third-order valence-electron chi connectivity index (χ3n) is 4.18. The Kier molecular flexibility index (Phi) is 2.87. The first kappa shape index (κ1) is 13.5. The second kappa shape index (κ2) is 4.67. The highest BCUT2D eigenvalue weighted by Crippen LogP contribution is 2.42. The van der Waals surface area contributed by atoms with Gasteiger partial charge >= 0.3 is 0 Å². The van der Waals surface area contributed by atoms with Crippen LogP contribution in [0.4, 0.5) is 5.69 Å². The van der Waals surface area contributed by atoms with Crippen molar-refractivity contribution < 1.29 is 13.2 Å². The van der Waals surface area contributed by atoms with Crippen molar-refractivity contribution in [2.24, 2.45) is 0 Å². The van der Waals surface area contributed by atoms with Crippen molar-refractivity contribution in [1.29, 1.82) is 0 Å². The summed E-state index contributed by atoms with van der Waals surface area (Å²) in [6.07, 6.45) is 5.71. The molecule has 6 nitrogen and oxygen atoms in total. The molecule has 2 aromatic heterocycles. The summed E-state index contributed by atoms with van der Waals surface area (Å²) in [6, 6.07) is 3.61. The van der Waals surface area contributed by atoms with E-state index in [1.807, 2.05) is 6.07 Å². The minimum absolute atomic E-state index is 0.0762. The fraction of sp³-hybridized carbons (Fsp3) is 0.333. The Morgan fingerprint density at radius 1 is 1.36 bits per heavy atom. The summed E-state index contributed by atoms with van der Waals surface area (Å²) in [4.78, 5) is 19.9. The Balaban J connectivity index is 1.64. The summed E-state index contributed by atoms with van der Waals surface area (Å²) >= 11 is 0. The van der Waals surface area contributed by atoms with Gasteiger partial charge in [-0.2, -0.15) is 0 Å². The van der Waals surface area contributed by atoms with Gasteiger partial charge in [-0.25, -0.2) is 8.42 Å². The molecule has 1 aliphatic heterocycles. The molecule has 1 aliphatic carbocycles. The highest BCUT2D eigenvalue weighted by molar-refractivity contribution is 7.91. The first-order chi connectivity index (χ1) is 10.6. The summed E-state index contributed by atoms with van der Waals surface area (Å²) in [7, 11) is -3.23. The average Bonchev–Trinajstić information content (AvgIpc) is 3.16. The van der Waals surface area contributed by atoms with Crippen LogP contribution in [-0.2, 0) is 16.3 Å². The quantitative estimate of drug-likeness (QED) is 0.904. The van der Waals surface area contributed by atoms with E-state index in [0.29, 0.717) is 29.3 Å². The van der Waals surface area contributed by atoms with Crippen molar-refractivity contribution in [3.63, 3.8) is 0 Å². The molecule has 1 amide bonds. The fourth-order valence-corrected chi connectivity index (χ4v) is 4.41. The second-order valence-corrected chi connectivity index (χ2v) is 7.82. The Morgan fingerprint density at radius 3 is 2.95 bits per heavy atom. The molecular weight excluding hydrogens is 302 g/mol. The van der Waals surface area contributed by atoms with Crippen LogP contribution in [0.15, 0.2) is 29.4 Å². The van der Waals surface area contributed by atoms with Crippen molar-refractivity contribution >= 4 is 21.4 Å². The predicted molar refractivity (Wildman–Crippen MR) is 80.7 cm³/mol. The van der Waals surface area contributed by atoms with Gasteiger partial charge in [0, 0.05) is 23.9 Å². The molecule has 114 valence electrons. The van der Waals surface area contributed by atoms with Crippen LogP contribution in [0.25, 0.3) is 0 Å². The highest BCUT2D eigenvalue weighted by Gasteiger charge is 2.33. The van der Waals surface area contributed by atoms with Crippen LogP contribution < -0.4 is 5.32 Å². The van der Waals surface area contributed by atoms with E-state index in [2.05, 4.69) is 15.3 Å². The van der Waals surface area contributed by atoms with Crippen molar-refractivity contribution in [1.82, 2.24) is 9.97 Å². The Hall–Kier alpha value is -2.15. The van der Waals surface area contributed by atoms with Crippen molar-refractivity contribution in [3.05, 3.63) is 41.5 Å². The fourth-order valence-electron chi connectivity index (χ4n) is 2.90. The molecule has 0 saturated heterocycles. The van der Waals surface area contributed by atoms with Gasteiger partial charge in [0.05, 0.1) is 22.0 Å². The lowest BCUT2D eigenvalue weighted by molar-refractivity contribution is 0.102. The third-order valence-corrected chi connectivity index (χ3v) is 5.96. The van der Waals surface area contributed by atoms with E-state index in [9.17, 15) is 13.2 Å². The van der Waals surface area contributed by atoms with E-state index >= 15 is 0 Å². The molecule has 3 heterocycles. The lowest BCUT2D eigenvalue weighted by atomic mass is 10.1. The van der Waals surface area contributed by atoms with Crippen LogP contribution in [0.1, 0.15) is 40.5 Å². The van der Waals surface area contributed by atoms with Gasteiger partial charge in [-0.15, -0.1) is 0 Å². The van der Waals surface area contributed by atoms with Crippen molar-refractivity contribution in [2.75, 3.05) is 11.1 Å². The molecule has 2 N–H and O–H groups in total. The van der Waals surface area contributed by atoms with Gasteiger partial charge in [0.1, 0.15) is 5.69 Å². The van der Waals surface area contributed by atoms with Gasteiger partial charge in [-0.05, 0) is 31.4 Å². The Labute approximate surface area is 127 Å². The van der Waals surface area contributed by atoms with E-state index in [4.69, 9.17) is 0 Å². The average molecular weight is 317 g/mol. The van der Waals surface area contributed by atoms with E-state index in [0.717, 1.165) is 18.5 Å². The number of amides is 1. The van der Waals surface area contributed by atoms with Crippen LogP contribution in [0, 0.1) is 0 Å². The van der Waals surface area contributed by atoms with Crippen molar-refractivity contribution in [2.45, 2.75) is 30.1 Å². The summed E-state index contributed by atoms with van der Waals surface area (Å²) in [5.74, 6) is 0.187. The maximum Gasteiger partial charge on any atom is 0.272 e. The standard InChI is InChI=1S/C15H15N3O3S/c19-15(14-10-5-7-22(20,21)12(10)8-17-14)18-11-2-1-6-16-13(11)9-3-4-9/h1-2,6,8-9,17H,3-5,7H2,(H,18,19). The first-order valence-electron chi connectivity index (χ1n) is 7.25. The zero-order valence-electron chi connectivity index (χ0n) is 11.8. The summed E-state index contributed by atoms with van der Waals surface area (Å²) in [5.41, 5.74) is 2.54. The lowest BCUT2D eigenvalue weighted by Gasteiger charge is -2.09. The number of hydrogen-bond donors (Lipinski definition) is 2. The molecule has 7 heteroatoms. The number of aromatic amines is 1. The van der Waals surface area contributed by atoms with Gasteiger partial charge < -0.3 is 10.3 Å². The third kappa shape index (κ3) is 2.12. The number of H-pyrrole nitrogens is 1. The number of hydrogen-bond acceptors (Lipinski definition) is 4. The minimum Gasteiger partial charge on any atom is -0.356 e. The molecule has 0 bridgehead atoms. The number of carbonyl (C=O) groups excluding carboxylic acids is 1. The number of anilines is 1. The van der Waals surface area contributed by atoms with E-state index in [1.165, 1.54) is 6.20 Å². The molecule has 1 saturated carbocycles. The molecule has 0 aromatic carbocycles. The first-order valence-corrected chi connectivity index (χ1v) is 8.91. The summed E-state index contributed by atoms with van der Waals surface area (Å²) in [6.45, 7) is 0. The molecular formula is C15H15N3O3S. The molecule has 22 heavy (non-hydrogen) atoms. The zero-order chi connectivity index (χ0) is 15.3. The molecule has 2 aromatic rings. The van der Waals surface area contributed by atoms with Gasteiger partial charge in [-0.3, -0.25) is 9.78 Å². The summed E-state index contributed by atoms with van der Waals surface area (Å²) < 4.78 is 23.7. The molecule has 0 atom stereocenters. The van der Waals surface area contributed by atoms with Crippen LogP contribution in [0.3, 0.4) is 0 Å². The Bertz CT molecular complexity index is 866.